The largest absolute Gasteiger partial charge is 0.484 e. The third kappa shape index (κ3) is 3.69. The number of hydrogen-bond acceptors (Lipinski definition) is 6. The number of amides is 1. The van der Waals surface area contributed by atoms with Crippen molar-refractivity contribution in [2.75, 3.05) is 12.0 Å². The number of fused-ring (bicyclic) bond motifs is 1. The average Bonchev–Trinajstić information content (AvgIpc) is 3.31. The number of carbonyl (C=O) groups is 1. The van der Waals surface area contributed by atoms with Crippen LogP contribution in [-0.2, 0) is 4.79 Å². The second-order valence-corrected chi connectivity index (χ2v) is 8.18. The molecule has 0 aliphatic carbocycles. The number of nitrogens with zero attached hydrogens (tertiary/aromatic N) is 2. The van der Waals surface area contributed by atoms with Gasteiger partial charge in [0.1, 0.15) is 16.9 Å². The van der Waals surface area contributed by atoms with Crippen molar-refractivity contribution in [3.05, 3.63) is 68.9 Å². The first-order valence-electron chi connectivity index (χ1n) is 8.55. The number of aryl methyl sites for hydroxylation is 2. The lowest BCUT2D eigenvalue weighted by molar-refractivity contribution is -0.119. The first-order valence-corrected chi connectivity index (χ1v) is 10.3. The van der Waals surface area contributed by atoms with Crippen molar-refractivity contribution in [1.82, 2.24) is 9.66 Å². The van der Waals surface area contributed by atoms with Crippen molar-refractivity contribution in [1.29, 1.82) is 0 Å². The molecule has 0 aliphatic heterocycles. The van der Waals surface area contributed by atoms with Gasteiger partial charge in [-0.05, 0) is 48.6 Å². The van der Waals surface area contributed by atoms with E-state index in [0.717, 1.165) is 26.2 Å². The fraction of sp³-hybridized carbons (Fsp3) is 0.150. The maximum atomic E-state index is 12.9. The van der Waals surface area contributed by atoms with Crippen LogP contribution >= 0.6 is 22.7 Å². The van der Waals surface area contributed by atoms with Gasteiger partial charge in [-0.15, -0.1) is 22.7 Å². The highest BCUT2D eigenvalue weighted by Crippen LogP contribution is 2.33. The Morgan fingerprint density at radius 3 is 2.71 bits per heavy atom. The average molecular weight is 412 g/mol. The fourth-order valence-corrected chi connectivity index (χ4v) is 4.68. The van der Waals surface area contributed by atoms with Gasteiger partial charge in [0, 0.05) is 15.8 Å². The summed E-state index contributed by atoms with van der Waals surface area (Å²) in [5, 5.41) is 4.38. The molecule has 0 fully saturated rings. The van der Waals surface area contributed by atoms with Crippen molar-refractivity contribution in [3.63, 3.8) is 0 Å². The van der Waals surface area contributed by atoms with Crippen molar-refractivity contribution in [3.8, 4) is 16.2 Å². The molecular weight excluding hydrogens is 394 g/mol. The molecule has 4 rings (SSSR count). The van der Waals surface area contributed by atoms with Crippen LogP contribution in [0.1, 0.15) is 11.1 Å². The van der Waals surface area contributed by atoms with Gasteiger partial charge in [0.2, 0.25) is 0 Å². The number of thiophene rings is 2. The van der Waals surface area contributed by atoms with Crippen LogP contribution in [0.4, 0.5) is 0 Å². The van der Waals surface area contributed by atoms with E-state index in [1.807, 2.05) is 54.9 Å². The Kier molecular flexibility index (Phi) is 4.97. The lowest BCUT2D eigenvalue weighted by atomic mass is 10.1. The van der Waals surface area contributed by atoms with E-state index in [-0.39, 0.29) is 12.2 Å². The maximum absolute atomic E-state index is 12.9. The van der Waals surface area contributed by atoms with Gasteiger partial charge in [0.15, 0.2) is 6.61 Å². The van der Waals surface area contributed by atoms with E-state index in [2.05, 4.69) is 10.4 Å². The summed E-state index contributed by atoms with van der Waals surface area (Å²) in [7, 11) is 0. The zero-order chi connectivity index (χ0) is 19.7. The van der Waals surface area contributed by atoms with Gasteiger partial charge in [-0.2, -0.15) is 0 Å². The molecule has 3 heterocycles. The smallest absolute Gasteiger partial charge is 0.281 e. The highest BCUT2D eigenvalue weighted by atomic mass is 32.1. The molecule has 1 aromatic carbocycles. The lowest BCUT2D eigenvalue weighted by Gasteiger charge is -2.10. The predicted molar refractivity (Wildman–Crippen MR) is 113 cm³/mol. The molecule has 0 saturated heterocycles. The SMILES string of the molecule is Cc1cc(C)cc(OCC(=O)Nn2cnc3scc(-c4cccs4)c3c2=O)c1. The summed E-state index contributed by atoms with van der Waals surface area (Å²) >= 11 is 2.96. The molecule has 0 spiro atoms. The van der Waals surface area contributed by atoms with Gasteiger partial charge in [0.05, 0.1) is 5.39 Å². The summed E-state index contributed by atoms with van der Waals surface area (Å²) < 4.78 is 6.66. The Balaban J connectivity index is 1.54. The van der Waals surface area contributed by atoms with Gasteiger partial charge in [-0.1, -0.05) is 12.1 Å². The fourth-order valence-electron chi connectivity index (χ4n) is 2.96. The third-order valence-electron chi connectivity index (χ3n) is 4.09. The second kappa shape index (κ2) is 7.57. The number of rotatable bonds is 5. The van der Waals surface area contributed by atoms with E-state index >= 15 is 0 Å². The zero-order valence-corrected chi connectivity index (χ0v) is 16.9. The standard InChI is InChI=1S/C20H17N3O3S2/c1-12-6-13(2)8-14(7-12)26-9-17(24)22-23-11-21-19-18(20(23)25)15(10-28-19)16-4-3-5-27-16/h3-8,10-11H,9H2,1-2H3,(H,22,24). The molecule has 0 saturated carbocycles. The molecule has 0 radical (unpaired) electrons. The van der Waals surface area contributed by atoms with Crippen LogP contribution in [0.2, 0.25) is 0 Å². The highest BCUT2D eigenvalue weighted by molar-refractivity contribution is 7.18. The Bertz CT molecular complexity index is 1190. The third-order valence-corrected chi connectivity index (χ3v) is 5.88. The lowest BCUT2D eigenvalue weighted by Crippen LogP contribution is -2.35. The Morgan fingerprint density at radius 2 is 2.00 bits per heavy atom. The van der Waals surface area contributed by atoms with Gasteiger partial charge >= 0.3 is 0 Å². The minimum absolute atomic E-state index is 0.200. The molecule has 1 N–H and O–H groups in total. The summed E-state index contributed by atoms with van der Waals surface area (Å²) in [5.74, 6) is 0.182. The molecule has 6 nitrogen and oxygen atoms in total. The number of nitrogens with one attached hydrogen (secondary N) is 1. The monoisotopic (exact) mass is 411 g/mol. The van der Waals surface area contributed by atoms with E-state index in [4.69, 9.17) is 4.74 Å². The molecule has 0 atom stereocenters. The normalized spacial score (nSPS) is 10.9. The molecule has 4 aromatic rings. The Morgan fingerprint density at radius 1 is 1.21 bits per heavy atom. The molecule has 142 valence electrons. The number of hydrogen-bond donors (Lipinski definition) is 1. The molecular formula is C20H17N3O3S2. The molecule has 28 heavy (non-hydrogen) atoms. The van der Waals surface area contributed by atoms with Gasteiger partial charge < -0.3 is 4.74 Å². The van der Waals surface area contributed by atoms with Gasteiger partial charge in [-0.3, -0.25) is 15.0 Å². The molecule has 3 aromatic heterocycles. The number of aromatic nitrogens is 2. The summed E-state index contributed by atoms with van der Waals surface area (Å²) in [4.78, 5) is 31.1. The number of carbonyl (C=O) groups excluding carboxylic acids is 1. The summed E-state index contributed by atoms with van der Waals surface area (Å²) in [5.41, 5.74) is 5.19. The van der Waals surface area contributed by atoms with E-state index < -0.39 is 5.91 Å². The number of benzene rings is 1. The minimum Gasteiger partial charge on any atom is -0.484 e. The van der Waals surface area contributed by atoms with E-state index in [1.165, 1.54) is 17.7 Å². The molecule has 8 heteroatoms. The van der Waals surface area contributed by atoms with Crippen LogP contribution in [0, 0.1) is 13.8 Å². The molecule has 1 amide bonds. The maximum Gasteiger partial charge on any atom is 0.281 e. The van der Waals surface area contributed by atoms with Crippen LogP contribution in [0.25, 0.3) is 20.7 Å². The van der Waals surface area contributed by atoms with Crippen molar-refractivity contribution < 1.29 is 9.53 Å². The van der Waals surface area contributed by atoms with Crippen LogP contribution in [0.3, 0.4) is 0 Å². The minimum atomic E-state index is -0.435. The highest BCUT2D eigenvalue weighted by Gasteiger charge is 2.15. The topological polar surface area (TPSA) is 73.2 Å². The van der Waals surface area contributed by atoms with Gasteiger partial charge in [0.25, 0.3) is 11.5 Å². The Labute approximate surface area is 169 Å². The van der Waals surface area contributed by atoms with E-state index in [9.17, 15) is 9.59 Å². The van der Waals surface area contributed by atoms with Crippen LogP contribution < -0.4 is 15.7 Å². The summed E-state index contributed by atoms with van der Waals surface area (Å²) in [6.45, 7) is 3.73. The molecule has 0 unspecified atom stereocenters. The van der Waals surface area contributed by atoms with Gasteiger partial charge in [-0.25, -0.2) is 9.66 Å². The van der Waals surface area contributed by atoms with E-state index in [1.54, 1.807) is 11.3 Å². The zero-order valence-electron chi connectivity index (χ0n) is 15.3. The molecule has 0 aliphatic rings. The summed E-state index contributed by atoms with van der Waals surface area (Å²) in [6.07, 6.45) is 1.33. The predicted octanol–water partition coefficient (Wildman–Crippen LogP) is 3.95. The van der Waals surface area contributed by atoms with E-state index in [0.29, 0.717) is 16.0 Å². The summed E-state index contributed by atoms with van der Waals surface area (Å²) in [6, 6.07) is 9.64. The van der Waals surface area contributed by atoms with Crippen LogP contribution in [0.5, 0.6) is 5.75 Å². The van der Waals surface area contributed by atoms with Crippen LogP contribution in [0.15, 0.2) is 52.2 Å². The van der Waals surface area contributed by atoms with Crippen molar-refractivity contribution in [2.24, 2.45) is 0 Å². The van der Waals surface area contributed by atoms with Crippen molar-refractivity contribution in [2.45, 2.75) is 13.8 Å². The van der Waals surface area contributed by atoms with Crippen molar-refractivity contribution >= 4 is 38.8 Å². The first-order chi connectivity index (χ1) is 13.5. The van der Waals surface area contributed by atoms with Crippen LogP contribution in [-0.4, -0.2) is 22.2 Å². The quantitative estimate of drug-likeness (QED) is 0.540. The first kappa shape index (κ1) is 18.4. The second-order valence-electron chi connectivity index (χ2n) is 6.37. The molecule has 0 bridgehead atoms. The number of ether oxygens (including phenoxy) is 1. The Hall–Kier alpha value is -2.97.